The molecule has 1 aromatic heterocycles. The Kier molecular flexibility index (Phi) is 5.98. The molecule has 1 aliphatic rings. The molecule has 0 atom stereocenters. The van der Waals surface area contributed by atoms with Gasteiger partial charge in [0.25, 0.3) is 0 Å². The zero-order valence-electron chi connectivity index (χ0n) is 19.7. The van der Waals surface area contributed by atoms with E-state index in [1.54, 1.807) is 36.5 Å². The Labute approximate surface area is 207 Å². The van der Waals surface area contributed by atoms with E-state index in [4.69, 9.17) is 4.74 Å². The number of aromatic nitrogens is 1. The lowest BCUT2D eigenvalue weighted by molar-refractivity contribution is -0.131. The molecule has 0 spiro atoms. The second kappa shape index (κ2) is 9.26. The second-order valence-electron chi connectivity index (χ2n) is 8.86. The van der Waals surface area contributed by atoms with Gasteiger partial charge in [0.15, 0.2) is 0 Å². The Hall–Kier alpha value is -4.52. The molecule has 0 unspecified atom stereocenters. The van der Waals surface area contributed by atoms with E-state index in [1.165, 1.54) is 24.3 Å². The maximum atomic E-state index is 13.1. The number of carbonyl (C=O) groups excluding carboxylic acids is 2. The zero-order valence-corrected chi connectivity index (χ0v) is 19.7. The number of amides is 2. The molecule has 36 heavy (non-hydrogen) atoms. The number of hydrogen-bond donors (Lipinski definition) is 2. The van der Waals surface area contributed by atoms with Gasteiger partial charge in [-0.1, -0.05) is 12.7 Å². The third-order valence-electron chi connectivity index (χ3n) is 6.37. The lowest BCUT2D eigenvalue weighted by Gasteiger charge is -2.16. The van der Waals surface area contributed by atoms with Crippen LogP contribution in [0.1, 0.15) is 24.0 Å². The van der Waals surface area contributed by atoms with Crippen molar-refractivity contribution in [2.75, 3.05) is 10.6 Å². The Morgan fingerprint density at radius 1 is 0.972 bits per heavy atom. The number of fused-ring (bicyclic) bond motifs is 1. The number of hydrogen-bond acceptors (Lipinski definition) is 4. The van der Waals surface area contributed by atoms with Crippen molar-refractivity contribution in [3.8, 4) is 11.5 Å². The topological polar surface area (TPSA) is 80.3 Å². The van der Waals surface area contributed by atoms with Gasteiger partial charge in [0.05, 0.1) is 5.52 Å². The lowest BCUT2D eigenvalue weighted by Crippen LogP contribution is -2.35. The fourth-order valence-electron chi connectivity index (χ4n) is 4.05. The summed E-state index contributed by atoms with van der Waals surface area (Å²) in [6, 6.07) is 18.2. The molecular formula is C29H24FN3O3. The summed E-state index contributed by atoms with van der Waals surface area (Å²) in [6.07, 6.45) is 4.40. The van der Waals surface area contributed by atoms with Gasteiger partial charge in [0.2, 0.25) is 11.8 Å². The van der Waals surface area contributed by atoms with Gasteiger partial charge in [0, 0.05) is 23.0 Å². The first-order chi connectivity index (χ1) is 17.4. The summed E-state index contributed by atoms with van der Waals surface area (Å²) < 4.78 is 19.2. The average Bonchev–Trinajstić information content (AvgIpc) is 3.69. The van der Waals surface area contributed by atoms with Crippen LogP contribution >= 0.6 is 0 Å². The number of rotatable bonds is 7. The summed E-state index contributed by atoms with van der Waals surface area (Å²) >= 11 is 0. The highest BCUT2D eigenvalue weighted by Crippen LogP contribution is 2.47. The highest BCUT2D eigenvalue weighted by atomic mass is 19.1. The molecule has 2 N–H and O–H groups in total. The molecule has 6 nitrogen and oxygen atoms in total. The van der Waals surface area contributed by atoms with Gasteiger partial charge in [-0.15, -0.1) is 0 Å². The molecule has 1 aliphatic carbocycles. The van der Waals surface area contributed by atoms with Crippen LogP contribution in [0.2, 0.25) is 0 Å². The number of halogens is 1. The van der Waals surface area contributed by atoms with Crippen LogP contribution in [-0.4, -0.2) is 16.8 Å². The van der Waals surface area contributed by atoms with E-state index in [0.717, 1.165) is 22.0 Å². The highest BCUT2D eigenvalue weighted by molar-refractivity contribution is 6.16. The van der Waals surface area contributed by atoms with E-state index in [-0.39, 0.29) is 5.91 Å². The third-order valence-corrected chi connectivity index (χ3v) is 6.37. The van der Waals surface area contributed by atoms with Crippen LogP contribution in [-0.2, 0) is 9.59 Å². The molecule has 0 bridgehead atoms. The van der Waals surface area contributed by atoms with Crippen molar-refractivity contribution in [1.29, 1.82) is 0 Å². The molecule has 0 saturated heterocycles. The summed E-state index contributed by atoms with van der Waals surface area (Å²) in [4.78, 5) is 30.1. The summed E-state index contributed by atoms with van der Waals surface area (Å²) in [7, 11) is 0. The first kappa shape index (κ1) is 23.2. The van der Waals surface area contributed by atoms with Crippen molar-refractivity contribution in [3.63, 3.8) is 0 Å². The minimum absolute atomic E-state index is 0.371. The van der Waals surface area contributed by atoms with Crippen molar-refractivity contribution in [2.45, 2.75) is 19.8 Å². The van der Waals surface area contributed by atoms with Crippen LogP contribution < -0.4 is 15.4 Å². The zero-order chi connectivity index (χ0) is 25.3. The molecular weight excluding hydrogens is 457 g/mol. The summed E-state index contributed by atoms with van der Waals surface area (Å²) in [5.41, 5.74) is 2.78. The Balaban J connectivity index is 1.27. The van der Waals surface area contributed by atoms with Gasteiger partial charge >= 0.3 is 0 Å². The smallest absolute Gasteiger partial charge is 0.240 e. The molecule has 5 rings (SSSR count). The molecule has 1 heterocycles. The standard InChI is InChI=1S/C29H24FN3O3/c1-3-19-17-25-24(16-18(19)2)26(12-15-31-25)36-23-10-8-22(9-11-23)33-28(35)29(13-14-29)27(34)32-21-6-4-20(30)5-7-21/h3-12,15-17H,1,13-14H2,2H3,(H,32,34)(H,33,35). The van der Waals surface area contributed by atoms with Crippen molar-refractivity contribution in [3.05, 3.63) is 96.4 Å². The van der Waals surface area contributed by atoms with Crippen molar-refractivity contribution in [2.24, 2.45) is 5.41 Å². The molecule has 4 aromatic rings. The quantitative estimate of drug-likeness (QED) is 0.296. The van der Waals surface area contributed by atoms with Gasteiger partial charge in [0.1, 0.15) is 22.7 Å². The van der Waals surface area contributed by atoms with Crippen molar-refractivity contribution in [1.82, 2.24) is 4.98 Å². The maximum Gasteiger partial charge on any atom is 0.240 e. The number of aryl methyl sites for hydroxylation is 1. The predicted molar refractivity (Wildman–Crippen MR) is 138 cm³/mol. The van der Waals surface area contributed by atoms with E-state index in [2.05, 4.69) is 22.2 Å². The summed E-state index contributed by atoms with van der Waals surface area (Å²) in [5.74, 6) is 0.106. The molecule has 0 radical (unpaired) electrons. The van der Waals surface area contributed by atoms with Crippen molar-refractivity contribution < 1.29 is 18.7 Å². The fourth-order valence-corrected chi connectivity index (χ4v) is 4.05. The normalized spacial score (nSPS) is 13.6. The fraction of sp³-hybridized carbons (Fsp3) is 0.138. The van der Waals surface area contributed by atoms with Gasteiger partial charge in [-0.25, -0.2) is 4.39 Å². The summed E-state index contributed by atoms with van der Waals surface area (Å²) in [6.45, 7) is 5.86. The number of nitrogens with one attached hydrogen (secondary N) is 2. The molecule has 2 amide bonds. The van der Waals surface area contributed by atoms with E-state index in [0.29, 0.717) is 35.7 Å². The van der Waals surface area contributed by atoms with Gasteiger partial charge in [-0.2, -0.15) is 0 Å². The largest absolute Gasteiger partial charge is 0.457 e. The van der Waals surface area contributed by atoms with E-state index in [9.17, 15) is 14.0 Å². The van der Waals surface area contributed by atoms with Gasteiger partial charge < -0.3 is 15.4 Å². The Morgan fingerprint density at radius 3 is 2.17 bits per heavy atom. The van der Waals surface area contributed by atoms with Crippen LogP contribution in [0.4, 0.5) is 15.8 Å². The van der Waals surface area contributed by atoms with Gasteiger partial charge in [-0.3, -0.25) is 14.6 Å². The van der Waals surface area contributed by atoms with E-state index >= 15 is 0 Å². The molecule has 3 aromatic carbocycles. The van der Waals surface area contributed by atoms with E-state index < -0.39 is 17.1 Å². The number of benzene rings is 3. The highest BCUT2D eigenvalue weighted by Gasteiger charge is 2.56. The predicted octanol–water partition coefficient (Wildman–Crippen LogP) is 6.48. The monoisotopic (exact) mass is 481 g/mol. The molecule has 0 aliphatic heterocycles. The number of nitrogens with zero attached hydrogens (tertiary/aromatic N) is 1. The molecule has 7 heteroatoms. The minimum atomic E-state index is -1.12. The van der Waals surface area contributed by atoms with Gasteiger partial charge in [-0.05, 0) is 97.6 Å². The van der Waals surface area contributed by atoms with Crippen LogP contribution in [0.25, 0.3) is 17.0 Å². The Morgan fingerprint density at radius 2 is 1.58 bits per heavy atom. The van der Waals surface area contributed by atoms with E-state index in [1.807, 2.05) is 25.1 Å². The minimum Gasteiger partial charge on any atom is -0.457 e. The molecule has 180 valence electrons. The summed E-state index contributed by atoms with van der Waals surface area (Å²) in [5, 5.41) is 6.42. The number of carbonyl (C=O) groups is 2. The van der Waals surface area contributed by atoms with Crippen molar-refractivity contribution >= 4 is 40.2 Å². The molecule has 1 saturated carbocycles. The lowest BCUT2D eigenvalue weighted by atomic mass is 10.0. The molecule has 1 fully saturated rings. The van der Waals surface area contributed by atoms with Crippen LogP contribution in [0.15, 0.2) is 79.5 Å². The van der Waals surface area contributed by atoms with Crippen LogP contribution in [0.5, 0.6) is 11.5 Å². The number of anilines is 2. The first-order valence-corrected chi connectivity index (χ1v) is 11.6. The number of ether oxygens (including phenoxy) is 1. The Bertz CT molecular complexity index is 1480. The van der Waals surface area contributed by atoms with Crippen LogP contribution in [0, 0.1) is 18.2 Å². The van der Waals surface area contributed by atoms with Crippen LogP contribution in [0.3, 0.4) is 0 Å². The number of pyridine rings is 1. The average molecular weight is 482 g/mol. The first-order valence-electron chi connectivity index (χ1n) is 11.6. The third kappa shape index (κ3) is 4.55. The SMILES string of the molecule is C=Cc1cc2nccc(Oc3ccc(NC(=O)C4(C(=O)Nc5ccc(F)cc5)CC4)cc3)c2cc1C. The second-order valence-corrected chi connectivity index (χ2v) is 8.86. The maximum absolute atomic E-state index is 13.1.